The Balaban J connectivity index is 1.75. The normalized spacial score (nSPS) is 18.6. The molecule has 1 atom stereocenters. The van der Waals surface area contributed by atoms with E-state index in [1.54, 1.807) is 24.2 Å². The third-order valence-electron chi connectivity index (χ3n) is 5.31. The molecule has 3 rings (SSSR count). The summed E-state index contributed by atoms with van der Waals surface area (Å²) in [5.74, 6) is 0.498. The molecule has 0 bridgehead atoms. The van der Waals surface area contributed by atoms with Crippen molar-refractivity contribution in [1.82, 2.24) is 15.3 Å². The van der Waals surface area contributed by atoms with E-state index in [-0.39, 0.29) is 17.7 Å². The molecule has 1 aliphatic heterocycles. The summed E-state index contributed by atoms with van der Waals surface area (Å²) in [6.07, 6.45) is 2.38. The van der Waals surface area contributed by atoms with E-state index in [1.807, 2.05) is 38.1 Å². The Morgan fingerprint density at radius 1 is 1.31 bits per heavy atom. The standard InChI is InChI=1S/C21H24N6O2/c1-14(2)21(13-22)9-11-27(19(21)29)17-8-10-24-20(26-17)25-16-6-4-15(5-7-16)12-18(28)23-3/h4-8,10,14H,9,11-12H2,1-3H3,(H,23,28)(H,24,25,26)/t21-/m1/s1. The van der Waals surface area contributed by atoms with Gasteiger partial charge in [0, 0.05) is 25.5 Å². The number of nitrogens with one attached hydrogen (secondary N) is 2. The summed E-state index contributed by atoms with van der Waals surface area (Å²) in [5, 5.41) is 15.3. The topological polar surface area (TPSA) is 111 Å². The molecule has 8 nitrogen and oxygen atoms in total. The molecule has 0 aliphatic carbocycles. The van der Waals surface area contributed by atoms with E-state index < -0.39 is 5.41 Å². The summed E-state index contributed by atoms with van der Waals surface area (Å²) in [6.45, 7) is 4.24. The third kappa shape index (κ3) is 4.04. The first kappa shape index (κ1) is 20.3. The molecular formula is C21H24N6O2. The average Bonchev–Trinajstić information content (AvgIpc) is 3.07. The lowest BCUT2D eigenvalue weighted by molar-refractivity contribution is -0.124. The van der Waals surface area contributed by atoms with Crippen molar-refractivity contribution in [2.24, 2.45) is 11.3 Å². The van der Waals surface area contributed by atoms with Gasteiger partial charge in [-0.25, -0.2) is 4.98 Å². The van der Waals surface area contributed by atoms with E-state index in [1.165, 1.54) is 0 Å². The maximum atomic E-state index is 12.9. The highest BCUT2D eigenvalue weighted by molar-refractivity contribution is 6.01. The number of carbonyl (C=O) groups excluding carboxylic acids is 2. The van der Waals surface area contributed by atoms with Crippen molar-refractivity contribution in [2.45, 2.75) is 26.7 Å². The first-order valence-corrected chi connectivity index (χ1v) is 9.52. The van der Waals surface area contributed by atoms with Gasteiger partial charge >= 0.3 is 0 Å². The molecule has 2 heterocycles. The van der Waals surface area contributed by atoms with Crippen molar-refractivity contribution < 1.29 is 9.59 Å². The minimum absolute atomic E-state index is 0.0492. The minimum Gasteiger partial charge on any atom is -0.359 e. The monoisotopic (exact) mass is 392 g/mol. The van der Waals surface area contributed by atoms with Gasteiger partial charge < -0.3 is 10.6 Å². The predicted molar refractivity (Wildman–Crippen MR) is 109 cm³/mol. The second-order valence-corrected chi connectivity index (χ2v) is 7.35. The number of nitriles is 1. The van der Waals surface area contributed by atoms with Crippen LogP contribution in [0.5, 0.6) is 0 Å². The molecule has 1 aromatic carbocycles. The number of aromatic nitrogens is 2. The molecule has 1 saturated heterocycles. The molecule has 1 aliphatic rings. The van der Waals surface area contributed by atoms with E-state index >= 15 is 0 Å². The number of rotatable bonds is 6. The molecule has 1 fully saturated rings. The molecule has 0 unspecified atom stereocenters. The van der Waals surface area contributed by atoms with E-state index in [0.29, 0.717) is 31.2 Å². The fourth-order valence-electron chi connectivity index (χ4n) is 3.39. The Bertz CT molecular complexity index is 950. The van der Waals surface area contributed by atoms with Crippen LogP contribution in [0.2, 0.25) is 0 Å². The smallest absolute Gasteiger partial charge is 0.248 e. The van der Waals surface area contributed by atoms with Gasteiger partial charge in [0.2, 0.25) is 17.8 Å². The van der Waals surface area contributed by atoms with Crippen molar-refractivity contribution in [1.29, 1.82) is 5.26 Å². The maximum Gasteiger partial charge on any atom is 0.248 e. The molecule has 8 heteroatoms. The quantitative estimate of drug-likeness (QED) is 0.781. The first-order chi connectivity index (χ1) is 13.9. The van der Waals surface area contributed by atoms with Gasteiger partial charge in [0.15, 0.2) is 0 Å². The van der Waals surface area contributed by atoms with E-state index in [0.717, 1.165) is 11.3 Å². The van der Waals surface area contributed by atoms with E-state index in [2.05, 4.69) is 26.7 Å². The molecule has 2 N–H and O–H groups in total. The molecular weight excluding hydrogens is 368 g/mol. The van der Waals surface area contributed by atoms with Gasteiger partial charge in [0.25, 0.3) is 0 Å². The third-order valence-corrected chi connectivity index (χ3v) is 5.31. The Morgan fingerprint density at radius 3 is 2.62 bits per heavy atom. The largest absolute Gasteiger partial charge is 0.359 e. The maximum absolute atomic E-state index is 12.9. The summed E-state index contributed by atoms with van der Waals surface area (Å²) in [5.41, 5.74) is 0.664. The lowest BCUT2D eigenvalue weighted by Crippen LogP contribution is -2.37. The van der Waals surface area contributed by atoms with E-state index in [9.17, 15) is 14.9 Å². The van der Waals surface area contributed by atoms with Crippen LogP contribution in [-0.2, 0) is 16.0 Å². The number of likely N-dealkylation sites (N-methyl/N-ethyl adjacent to an activating group) is 1. The summed E-state index contributed by atoms with van der Waals surface area (Å²) >= 11 is 0. The number of anilines is 3. The Labute approximate surface area is 170 Å². The highest BCUT2D eigenvalue weighted by Gasteiger charge is 2.50. The molecule has 150 valence electrons. The number of hydrogen-bond acceptors (Lipinski definition) is 6. The lowest BCUT2D eigenvalue weighted by atomic mass is 9.77. The van der Waals surface area contributed by atoms with Crippen LogP contribution in [0.1, 0.15) is 25.8 Å². The predicted octanol–water partition coefficient (Wildman–Crippen LogP) is 2.41. The summed E-state index contributed by atoms with van der Waals surface area (Å²) in [7, 11) is 1.61. The van der Waals surface area contributed by atoms with Gasteiger partial charge in [0.05, 0.1) is 12.5 Å². The molecule has 0 saturated carbocycles. The van der Waals surface area contributed by atoms with Gasteiger partial charge in [-0.2, -0.15) is 10.2 Å². The first-order valence-electron chi connectivity index (χ1n) is 9.52. The zero-order valence-corrected chi connectivity index (χ0v) is 16.8. The summed E-state index contributed by atoms with van der Waals surface area (Å²) < 4.78 is 0. The Hall–Kier alpha value is -3.47. The summed E-state index contributed by atoms with van der Waals surface area (Å²) in [4.78, 5) is 34.6. The Morgan fingerprint density at radius 2 is 2.03 bits per heavy atom. The van der Waals surface area contributed by atoms with Crippen LogP contribution in [0.3, 0.4) is 0 Å². The van der Waals surface area contributed by atoms with Crippen molar-refractivity contribution in [3.05, 3.63) is 42.1 Å². The van der Waals surface area contributed by atoms with Crippen molar-refractivity contribution >= 4 is 29.3 Å². The Kier molecular flexibility index (Phi) is 5.78. The van der Waals surface area contributed by atoms with Crippen molar-refractivity contribution in [3.63, 3.8) is 0 Å². The van der Waals surface area contributed by atoms with Crippen LogP contribution in [0.25, 0.3) is 0 Å². The average molecular weight is 392 g/mol. The number of benzene rings is 1. The highest BCUT2D eigenvalue weighted by Crippen LogP contribution is 2.40. The second kappa shape index (κ2) is 8.27. The van der Waals surface area contributed by atoms with Crippen LogP contribution in [0, 0.1) is 22.7 Å². The zero-order valence-electron chi connectivity index (χ0n) is 16.8. The second-order valence-electron chi connectivity index (χ2n) is 7.35. The lowest BCUT2D eigenvalue weighted by Gasteiger charge is -2.24. The fourth-order valence-corrected chi connectivity index (χ4v) is 3.39. The van der Waals surface area contributed by atoms with Gasteiger partial charge in [-0.1, -0.05) is 26.0 Å². The highest BCUT2D eigenvalue weighted by atomic mass is 16.2. The van der Waals surface area contributed by atoms with Gasteiger partial charge in [0.1, 0.15) is 11.2 Å². The van der Waals surface area contributed by atoms with Crippen molar-refractivity contribution in [2.75, 3.05) is 23.8 Å². The SMILES string of the molecule is CNC(=O)Cc1ccc(Nc2nccc(N3CC[C@@](C#N)(C(C)C)C3=O)n2)cc1. The van der Waals surface area contributed by atoms with Crippen LogP contribution >= 0.6 is 0 Å². The minimum atomic E-state index is -1.00. The van der Waals surface area contributed by atoms with Crippen LogP contribution < -0.4 is 15.5 Å². The number of amides is 2. The van der Waals surface area contributed by atoms with E-state index in [4.69, 9.17) is 0 Å². The van der Waals surface area contributed by atoms with Crippen LogP contribution in [-0.4, -0.2) is 35.4 Å². The zero-order chi connectivity index (χ0) is 21.0. The summed E-state index contributed by atoms with van der Waals surface area (Å²) in [6, 6.07) is 11.3. The van der Waals surface area contributed by atoms with Gasteiger partial charge in [-0.05, 0) is 36.1 Å². The van der Waals surface area contributed by atoms with Gasteiger partial charge in [-0.15, -0.1) is 0 Å². The van der Waals surface area contributed by atoms with Gasteiger partial charge in [-0.3, -0.25) is 14.5 Å². The molecule has 2 amide bonds. The molecule has 0 radical (unpaired) electrons. The molecule has 29 heavy (non-hydrogen) atoms. The number of hydrogen-bond donors (Lipinski definition) is 2. The number of carbonyl (C=O) groups is 2. The molecule has 0 spiro atoms. The van der Waals surface area contributed by atoms with Crippen LogP contribution in [0.4, 0.5) is 17.5 Å². The van der Waals surface area contributed by atoms with Crippen LogP contribution in [0.15, 0.2) is 36.5 Å². The fraction of sp³-hybridized carbons (Fsp3) is 0.381. The molecule has 1 aromatic heterocycles. The van der Waals surface area contributed by atoms with Crippen molar-refractivity contribution in [3.8, 4) is 6.07 Å². The molecule has 2 aromatic rings. The number of nitrogens with zero attached hydrogens (tertiary/aromatic N) is 4.